The molecule has 2 heterocycles. The summed E-state index contributed by atoms with van der Waals surface area (Å²) in [6.45, 7) is 0. The molecule has 4 rings (SSSR count). The lowest BCUT2D eigenvalue weighted by molar-refractivity contribution is -0.138. The van der Waals surface area contributed by atoms with E-state index in [0.717, 1.165) is 6.07 Å². The van der Waals surface area contributed by atoms with Gasteiger partial charge in [-0.05, 0) is 23.8 Å². The summed E-state index contributed by atoms with van der Waals surface area (Å²) in [5.74, 6) is -1.58. The molecule has 1 aliphatic heterocycles. The third-order valence-electron chi connectivity index (χ3n) is 4.66. The van der Waals surface area contributed by atoms with Gasteiger partial charge in [-0.25, -0.2) is 0 Å². The molecule has 0 unspecified atom stereocenters. The van der Waals surface area contributed by atoms with Crippen molar-refractivity contribution in [3.05, 3.63) is 87.0 Å². The summed E-state index contributed by atoms with van der Waals surface area (Å²) in [7, 11) is 0. The van der Waals surface area contributed by atoms with Crippen LogP contribution in [0.5, 0.6) is 5.75 Å². The van der Waals surface area contributed by atoms with Crippen LogP contribution in [-0.2, 0) is 6.18 Å². The molecule has 0 radical (unpaired) electrons. The van der Waals surface area contributed by atoms with Gasteiger partial charge in [0, 0.05) is 5.39 Å². The number of alkyl halides is 3. The van der Waals surface area contributed by atoms with E-state index in [-0.39, 0.29) is 28.3 Å². The lowest BCUT2D eigenvalue weighted by atomic mass is 9.81. The predicted octanol–water partition coefficient (Wildman–Crippen LogP) is 3.77. The number of nitrogens with one attached hydrogen (secondary N) is 1. The van der Waals surface area contributed by atoms with Gasteiger partial charge in [0.2, 0.25) is 5.88 Å². The van der Waals surface area contributed by atoms with E-state index >= 15 is 0 Å². The molecule has 0 fully saturated rings. The number of nitriles is 1. The highest BCUT2D eigenvalue weighted by Crippen LogP contribution is 2.46. The molecule has 2 aromatic carbocycles. The van der Waals surface area contributed by atoms with Gasteiger partial charge in [0.15, 0.2) is 0 Å². The molecule has 1 aromatic heterocycles. The number of aromatic nitrogens is 1. The van der Waals surface area contributed by atoms with Gasteiger partial charge in [-0.3, -0.25) is 4.79 Å². The molecule has 3 aromatic rings. The minimum atomic E-state index is -4.67. The Hall–Kier alpha value is -3.73. The largest absolute Gasteiger partial charge is 0.439 e. The Bertz CT molecular complexity index is 1240. The van der Waals surface area contributed by atoms with Gasteiger partial charge < -0.3 is 15.5 Å². The molecule has 0 amide bonds. The number of hydrogen-bond donors (Lipinski definition) is 2. The van der Waals surface area contributed by atoms with Crippen LogP contribution in [0.4, 0.5) is 13.2 Å². The highest BCUT2D eigenvalue weighted by Gasteiger charge is 2.41. The fourth-order valence-electron chi connectivity index (χ4n) is 3.49. The van der Waals surface area contributed by atoms with Crippen LogP contribution >= 0.6 is 0 Å². The molecular formula is C20H12F3N3O2. The Morgan fingerprint density at radius 1 is 1.11 bits per heavy atom. The second-order valence-electron chi connectivity index (χ2n) is 6.25. The standard InChI is InChI=1S/C20H12F3N3O2/c21-20(22,23)13-7-3-1-5-10(13)15-12(9-24)18(25)28-17-11-6-2-4-8-14(11)26-19(27)16(15)17/h1-8,15H,25H2,(H,26,27)/t15-/m1/s1. The SMILES string of the molecule is N#CC1=C(N)Oc2c(c(=O)[nH]c3ccccc23)[C@@H]1c1ccccc1C(F)(F)F. The van der Waals surface area contributed by atoms with Gasteiger partial charge in [0.1, 0.15) is 17.4 Å². The fraction of sp³-hybridized carbons (Fsp3) is 0.100. The van der Waals surface area contributed by atoms with Crippen LogP contribution in [0.25, 0.3) is 10.9 Å². The van der Waals surface area contributed by atoms with Crippen molar-refractivity contribution in [1.82, 2.24) is 4.98 Å². The molecule has 0 bridgehead atoms. The van der Waals surface area contributed by atoms with Crippen molar-refractivity contribution in [3.8, 4) is 11.8 Å². The Balaban J connectivity index is 2.12. The van der Waals surface area contributed by atoms with E-state index in [1.165, 1.54) is 18.2 Å². The van der Waals surface area contributed by atoms with Crippen molar-refractivity contribution in [2.75, 3.05) is 0 Å². The Morgan fingerprint density at radius 2 is 1.79 bits per heavy atom. The maximum Gasteiger partial charge on any atom is 0.416 e. The second kappa shape index (κ2) is 6.16. The highest BCUT2D eigenvalue weighted by atomic mass is 19.4. The number of ether oxygens (including phenoxy) is 1. The van der Waals surface area contributed by atoms with E-state index in [9.17, 15) is 23.2 Å². The predicted molar refractivity (Wildman–Crippen MR) is 95.3 cm³/mol. The zero-order valence-corrected chi connectivity index (χ0v) is 14.2. The average molecular weight is 383 g/mol. The van der Waals surface area contributed by atoms with Crippen LogP contribution in [0.3, 0.4) is 0 Å². The summed E-state index contributed by atoms with van der Waals surface area (Å²) in [6, 6.07) is 13.3. The first kappa shape index (κ1) is 17.7. The van der Waals surface area contributed by atoms with E-state index in [1.54, 1.807) is 30.3 Å². The molecular weight excluding hydrogens is 371 g/mol. The highest BCUT2D eigenvalue weighted by molar-refractivity contribution is 5.87. The molecule has 0 spiro atoms. The number of pyridine rings is 1. The molecule has 140 valence electrons. The summed E-state index contributed by atoms with van der Waals surface area (Å²) < 4.78 is 46.4. The summed E-state index contributed by atoms with van der Waals surface area (Å²) in [4.78, 5) is 15.4. The number of fused-ring (bicyclic) bond motifs is 3. The molecule has 0 aliphatic carbocycles. The Labute approximate surface area is 156 Å². The summed E-state index contributed by atoms with van der Waals surface area (Å²) >= 11 is 0. The molecule has 1 atom stereocenters. The van der Waals surface area contributed by atoms with Gasteiger partial charge in [0.05, 0.1) is 22.6 Å². The number of nitrogens with two attached hydrogens (primary N) is 1. The minimum absolute atomic E-state index is 0.0535. The zero-order valence-electron chi connectivity index (χ0n) is 14.2. The normalized spacial score (nSPS) is 16.4. The number of hydrogen-bond acceptors (Lipinski definition) is 4. The maximum atomic E-state index is 13.6. The zero-order chi connectivity index (χ0) is 20.1. The average Bonchev–Trinajstić information content (AvgIpc) is 2.66. The fourth-order valence-corrected chi connectivity index (χ4v) is 3.49. The lowest BCUT2D eigenvalue weighted by Crippen LogP contribution is -2.29. The molecule has 8 heteroatoms. The number of aromatic amines is 1. The second-order valence-corrected chi connectivity index (χ2v) is 6.25. The van der Waals surface area contributed by atoms with Crippen LogP contribution in [0, 0.1) is 11.3 Å². The van der Waals surface area contributed by atoms with Crippen molar-refractivity contribution in [2.24, 2.45) is 5.73 Å². The van der Waals surface area contributed by atoms with Crippen LogP contribution in [0.2, 0.25) is 0 Å². The number of rotatable bonds is 1. The number of halogens is 3. The monoisotopic (exact) mass is 383 g/mol. The van der Waals surface area contributed by atoms with E-state index in [1.807, 2.05) is 0 Å². The topological polar surface area (TPSA) is 91.9 Å². The lowest BCUT2D eigenvalue weighted by Gasteiger charge is -2.28. The number of benzene rings is 2. The third kappa shape index (κ3) is 2.60. The van der Waals surface area contributed by atoms with Gasteiger partial charge in [-0.2, -0.15) is 18.4 Å². The van der Waals surface area contributed by atoms with Crippen LogP contribution < -0.4 is 16.0 Å². The number of nitrogens with zero attached hydrogens (tertiary/aromatic N) is 1. The van der Waals surface area contributed by atoms with Gasteiger partial charge in [0.25, 0.3) is 5.56 Å². The first-order chi connectivity index (χ1) is 13.3. The van der Waals surface area contributed by atoms with Gasteiger partial charge in [-0.15, -0.1) is 0 Å². The van der Waals surface area contributed by atoms with E-state index in [4.69, 9.17) is 10.5 Å². The molecule has 0 saturated carbocycles. The number of allylic oxidation sites excluding steroid dienone is 1. The third-order valence-corrected chi connectivity index (χ3v) is 4.66. The van der Waals surface area contributed by atoms with E-state index in [2.05, 4.69) is 4.98 Å². The maximum absolute atomic E-state index is 13.6. The van der Waals surface area contributed by atoms with Crippen molar-refractivity contribution < 1.29 is 17.9 Å². The molecule has 5 nitrogen and oxygen atoms in total. The molecule has 28 heavy (non-hydrogen) atoms. The van der Waals surface area contributed by atoms with E-state index < -0.39 is 23.2 Å². The van der Waals surface area contributed by atoms with E-state index in [0.29, 0.717) is 10.9 Å². The summed E-state index contributed by atoms with van der Waals surface area (Å²) in [5.41, 5.74) is 4.17. The van der Waals surface area contributed by atoms with Crippen molar-refractivity contribution in [2.45, 2.75) is 12.1 Å². The minimum Gasteiger partial charge on any atom is -0.439 e. The van der Waals surface area contributed by atoms with Gasteiger partial charge >= 0.3 is 6.18 Å². The van der Waals surface area contributed by atoms with Crippen LogP contribution in [0.15, 0.2) is 64.8 Å². The van der Waals surface area contributed by atoms with Crippen molar-refractivity contribution in [3.63, 3.8) is 0 Å². The smallest absolute Gasteiger partial charge is 0.416 e. The Morgan fingerprint density at radius 3 is 2.50 bits per heavy atom. The Kier molecular flexibility index (Phi) is 3.89. The molecule has 0 saturated heterocycles. The van der Waals surface area contributed by atoms with Crippen LogP contribution in [-0.4, -0.2) is 4.98 Å². The first-order valence-corrected chi connectivity index (χ1v) is 8.21. The summed E-state index contributed by atoms with van der Waals surface area (Å²) in [5, 5.41) is 10.0. The number of H-pyrrole nitrogens is 1. The van der Waals surface area contributed by atoms with Crippen LogP contribution in [0.1, 0.15) is 22.6 Å². The van der Waals surface area contributed by atoms with Crippen molar-refractivity contribution in [1.29, 1.82) is 5.26 Å². The molecule has 1 aliphatic rings. The quantitative estimate of drug-likeness (QED) is 0.669. The van der Waals surface area contributed by atoms with Gasteiger partial charge in [-0.1, -0.05) is 30.3 Å². The summed E-state index contributed by atoms with van der Waals surface area (Å²) in [6.07, 6.45) is -4.67. The van der Waals surface area contributed by atoms with Crippen molar-refractivity contribution >= 4 is 10.9 Å². The first-order valence-electron chi connectivity index (χ1n) is 8.21. The molecule has 3 N–H and O–H groups in total. The number of para-hydroxylation sites is 1.